The number of halogens is 2. The highest BCUT2D eigenvalue weighted by atomic mass is 79.9. The Bertz CT molecular complexity index is 852. The van der Waals surface area contributed by atoms with Gasteiger partial charge in [0.25, 0.3) is 5.91 Å². The maximum absolute atomic E-state index is 12.8. The smallest absolute Gasteiger partial charge is 0.255 e. The van der Waals surface area contributed by atoms with Gasteiger partial charge in [0.2, 0.25) is 0 Å². The molecule has 0 unspecified atom stereocenters. The summed E-state index contributed by atoms with van der Waals surface area (Å²) in [6.07, 6.45) is 0.403. The third-order valence-electron chi connectivity index (χ3n) is 4.05. The average Bonchev–Trinajstić information content (AvgIpc) is 3.00. The van der Waals surface area contributed by atoms with Gasteiger partial charge in [0, 0.05) is 22.4 Å². The van der Waals surface area contributed by atoms with Gasteiger partial charge in [-0.1, -0.05) is 33.6 Å². The molecule has 2 heterocycles. The fourth-order valence-corrected chi connectivity index (χ4v) is 6.34. The molecule has 0 spiro atoms. The van der Waals surface area contributed by atoms with Crippen LogP contribution >= 0.6 is 38.9 Å². The van der Waals surface area contributed by atoms with Crippen molar-refractivity contribution in [3.8, 4) is 0 Å². The van der Waals surface area contributed by atoms with Crippen LogP contribution in [-0.4, -0.2) is 38.1 Å². The Morgan fingerprint density at radius 2 is 2.08 bits per heavy atom. The molecule has 0 saturated carbocycles. The number of thiophene rings is 1. The lowest BCUT2D eigenvalue weighted by Crippen LogP contribution is -2.33. The number of carbonyl (C=O) groups is 1. The van der Waals surface area contributed by atoms with Crippen LogP contribution in [0.4, 0.5) is 0 Å². The van der Waals surface area contributed by atoms with E-state index in [-0.39, 0.29) is 18.2 Å². The van der Waals surface area contributed by atoms with Crippen LogP contribution in [0.3, 0.4) is 0 Å². The van der Waals surface area contributed by atoms with Crippen molar-refractivity contribution in [1.82, 2.24) is 4.90 Å². The summed E-state index contributed by atoms with van der Waals surface area (Å²) in [7, 11) is -3.28. The zero-order valence-corrected chi connectivity index (χ0v) is 16.6. The Kier molecular flexibility index (Phi) is 5.34. The van der Waals surface area contributed by atoms with Gasteiger partial charge in [-0.15, -0.1) is 11.3 Å². The molecule has 1 fully saturated rings. The quantitative estimate of drug-likeness (QED) is 0.693. The largest absolute Gasteiger partial charge is 0.338 e. The van der Waals surface area contributed by atoms with E-state index in [1.807, 2.05) is 17.5 Å². The SMILES string of the molecule is O=C(c1cc(Br)ccc1Cl)N1CC[C@@H](c2cccs2)S(=O)(=O)CC1. The predicted molar refractivity (Wildman–Crippen MR) is 101 cm³/mol. The molecule has 2 aromatic rings. The van der Waals surface area contributed by atoms with E-state index >= 15 is 0 Å². The lowest BCUT2D eigenvalue weighted by atomic mass is 10.1. The molecule has 0 bridgehead atoms. The third kappa shape index (κ3) is 3.69. The summed E-state index contributed by atoms with van der Waals surface area (Å²) in [5.41, 5.74) is 0.387. The highest BCUT2D eigenvalue weighted by molar-refractivity contribution is 9.10. The Hall–Kier alpha value is -0.890. The minimum Gasteiger partial charge on any atom is -0.338 e. The molecule has 24 heavy (non-hydrogen) atoms. The summed E-state index contributed by atoms with van der Waals surface area (Å²) in [6, 6.07) is 8.78. The Morgan fingerprint density at radius 3 is 2.79 bits per heavy atom. The average molecular weight is 449 g/mol. The fraction of sp³-hybridized carbons (Fsp3) is 0.312. The van der Waals surface area contributed by atoms with E-state index in [0.717, 1.165) is 9.35 Å². The van der Waals surface area contributed by atoms with Crippen LogP contribution in [-0.2, 0) is 9.84 Å². The molecule has 1 saturated heterocycles. The van der Waals surface area contributed by atoms with E-state index in [0.29, 0.717) is 23.6 Å². The van der Waals surface area contributed by atoms with E-state index in [4.69, 9.17) is 11.6 Å². The van der Waals surface area contributed by atoms with E-state index in [1.165, 1.54) is 11.3 Å². The van der Waals surface area contributed by atoms with E-state index in [2.05, 4.69) is 15.9 Å². The highest BCUT2D eigenvalue weighted by Gasteiger charge is 2.33. The number of sulfone groups is 1. The summed E-state index contributed by atoms with van der Waals surface area (Å²) in [5.74, 6) is -0.268. The van der Waals surface area contributed by atoms with Crippen molar-refractivity contribution >= 4 is 54.6 Å². The molecular formula is C16H15BrClNO3S2. The monoisotopic (exact) mass is 447 g/mol. The molecule has 0 N–H and O–H groups in total. The van der Waals surface area contributed by atoms with E-state index < -0.39 is 15.1 Å². The van der Waals surface area contributed by atoms with Crippen molar-refractivity contribution in [2.75, 3.05) is 18.8 Å². The molecular weight excluding hydrogens is 434 g/mol. The molecule has 1 amide bonds. The lowest BCUT2D eigenvalue weighted by Gasteiger charge is -2.20. The van der Waals surface area contributed by atoms with Crippen LogP contribution in [0.5, 0.6) is 0 Å². The first kappa shape index (κ1) is 17.9. The van der Waals surface area contributed by atoms with Gasteiger partial charge in [0.05, 0.1) is 21.6 Å². The predicted octanol–water partition coefficient (Wildman–Crippen LogP) is 4.17. The Morgan fingerprint density at radius 1 is 1.29 bits per heavy atom. The van der Waals surface area contributed by atoms with Gasteiger partial charge in [0.1, 0.15) is 0 Å². The lowest BCUT2D eigenvalue weighted by molar-refractivity contribution is 0.0767. The van der Waals surface area contributed by atoms with E-state index in [1.54, 1.807) is 23.1 Å². The highest BCUT2D eigenvalue weighted by Crippen LogP contribution is 2.33. The molecule has 1 aromatic carbocycles. The number of nitrogens with zero attached hydrogens (tertiary/aromatic N) is 1. The topological polar surface area (TPSA) is 54.5 Å². The van der Waals surface area contributed by atoms with Gasteiger partial charge < -0.3 is 4.90 Å². The molecule has 1 aromatic heterocycles. The van der Waals surface area contributed by atoms with Gasteiger partial charge >= 0.3 is 0 Å². The van der Waals surface area contributed by atoms with Crippen molar-refractivity contribution in [1.29, 1.82) is 0 Å². The number of benzene rings is 1. The first-order chi connectivity index (χ1) is 11.4. The summed E-state index contributed by atoms with van der Waals surface area (Å²) in [6.45, 7) is 0.579. The van der Waals surface area contributed by atoms with Crippen molar-refractivity contribution < 1.29 is 13.2 Å². The molecule has 1 atom stereocenters. The molecule has 0 aliphatic carbocycles. The van der Waals surface area contributed by atoms with Crippen LogP contribution in [0.1, 0.15) is 26.9 Å². The van der Waals surface area contributed by atoms with Gasteiger partial charge in [-0.2, -0.15) is 0 Å². The minimum atomic E-state index is -3.28. The Labute approximate surface area is 158 Å². The molecule has 3 rings (SSSR count). The second kappa shape index (κ2) is 7.15. The Balaban J connectivity index is 1.85. The molecule has 4 nitrogen and oxygen atoms in total. The van der Waals surface area contributed by atoms with Crippen molar-refractivity contribution in [3.63, 3.8) is 0 Å². The summed E-state index contributed by atoms with van der Waals surface area (Å²) in [4.78, 5) is 15.2. The first-order valence-electron chi connectivity index (χ1n) is 7.38. The van der Waals surface area contributed by atoms with Crippen LogP contribution in [0.25, 0.3) is 0 Å². The molecule has 1 aliphatic heterocycles. The standard InChI is InChI=1S/C16H15BrClNO3S2/c17-11-3-4-13(18)12(10-11)16(20)19-6-5-15(14-2-1-8-23-14)24(21,22)9-7-19/h1-4,8,10,15H,5-7,9H2/t15-/m0/s1. The van der Waals surface area contributed by atoms with Crippen molar-refractivity contribution in [2.24, 2.45) is 0 Å². The van der Waals surface area contributed by atoms with Crippen LogP contribution < -0.4 is 0 Å². The summed E-state index contributed by atoms with van der Waals surface area (Å²) in [5, 5.41) is 1.71. The van der Waals surface area contributed by atoms with Gasteiger partial charge in [0.15, 0.2) is 9.84 Å². The number of hydrogen-bond donors (Lipinski definition) is 0. The van der Waals surface area contributed by atoms with Crippen LogP contribution in [0.2, 0.25) is 5.02 Å². The zero-order chi connectivity index (χ0) is 17.3. The summed E-state index contributed by atoms with van der Waals surface area (Å²) >= 11 is 10.9. The van der Waals surface area contributed by atoms with Gasteiger partial charge in [-0.3, -0.25) is 4.79 Å². The van der Waals surface area contributed by atoms with Crippen molar-refractivity contribution in [2.45, 2.75) is 11.7 Å². The number of amides is 1. The van der Waals surface area contributed by atoms with Crippen LogP contribution in [0, 0.1) is 0 Å². The minimum absolute atomic E-state index is 0.0348. The number of carbonyl (C=O) groups excluding carboxylic acids is 1. The van der Waals surface area contributed by atoms with Gasteiger partial charge in [-0.05, 0) is 36.1 Å². The first-order valence-corrected chi connectivity index (χ1v) is 11.1. The molecule has 1 aliphatic rings. The normalized spacial score (nSPS) is 20.6. The molecule has 128 valence electrons. The fourth-order valence-electron chi connectivity index (χ4n) is 2.77. The second-order valence-electron chi connectivity index (χ2n) is 5.58. The number of rotatable bonds is 2. The maximum atomic E-state index is 12.8. The van der Waals surface area contributed by atoms with Crippen LogP contribution in [0.15, 0.2) is 40.2 Å². The summed E-state index contributed by atoms with van der Waals surface area (Å²) < 4.78 is 25.9. The third-order valence-corrected chi connectivity index (χ3v) is 8.11. The van der Waals surface area contributed by atoms with Gasteiger partial charge in [-0.25, -0.2) is 8.42 Å². The molecule has 8 heteroatoms. The maximum Gasteiger partial charge on any atom is 0.255 e. The van der Waals surface area contributed by atoms with E-state index in [9.17, 15) is 13.2 Å². The second-order valence-corrected chi connectivity index (χ2v) is 10.2. The molecule has 0 radical (unpaired) electrons. The number of hydrogen-bond acceptors (Lipinski definition) is 4. The zero-order valence-electron chi connectivity index (χ0n) is 12.6. The van der Waals surface area contributed by atoms with Crippen molar-refractivity contribution in [3.05, 3.63) is 55.6 Å².